The first-order valence-corrected chi connectivity index (χ1v) is 7.67. The molecule has 1 aliphatic carbocycles. The summed E-state index contributed by atoms with van der Waals surface area (Å²) in [6, 6.07) is 1.51. The molecule has 2 unspecified atom stereocenters. The van der Waals surface area contributed by atoms with Crippen molar-refractivity contribution in [1.29, 1.82) is 0 Å². The molecule has 0 radical (unpaired) electrons. The molecule has 18 heavy (non-hydrogen) atoms. The average Bonchev–Trinajstić information content (AvgIpc) is 2.72. The zero-order valence-corrected chi connectivity index (χ0v) is 12.2. The molecule has 2 rings (SSSR count). The molecule has 102 valence electrons. The summed E-state index contributed by atoms with van der Waals surface area (Å²) in [6.07, 6.45) is -1.62. The van der Waals surface area contributed by atoms with E-state index in [0.29, 0.717) is 19.4 Å². The summed E-state index contributed by atoms with van der Waals surface area (Å²) in [5, 5.41) is 5.03. The fraction of sp³-hybridized carbons (Fsp3) is 0.667. The molecule has 1 heterocycles. The van der Waals surface area contributed by atoms with Crippen molar-refractivity contribution >= 4 is 27.3 Å². The molecule has 0 aliphatic heterocycles. The van der Waals surface area contributed by atoms with E-state index >= 15 is 0 Å². The van der Waals surface area contributed by atoms with Crippen LogP contribution in [-0.2, 0) is 6.54 Å². The Hall–Kier alpha value is -0.0700. The Bertz CT molecular complexity index is 391. The highest BCUT2D eigenvalue weighted by atomic mass is 79.9. The summed E-state index contributed by atoms with van der Waals surface area (Å²) in [7, 11) is 0. The van der Waals surface area contributed by atoms with Gasteiger partial charge in [0, 0.05) is 12.6 Å². The second-order valence-electron chi connectivity index (χ2n) is 4.68. The fourth-order valence-corrected chi connectivity index (χ4v) is 3.66. The first-order chi connectivity index (χ1) is 8.47. The number of hydrogen-bond acceptors (Lipinski definition) is 2. The summed E-state index contributed by atoms with van der Waals surface area (Å²) in [4.78, 5) is 0. The minimum absolute atomic E-state index is 0.258. The Morgan fingerprint density at radius 1 is 1.33 bits per heavy atom. The molecule has 0 amide bonds. The molecule has 1 aromatic heterocycles. The van der Waals surface area contributed by atoms with Gasteiger partial charge in [-0.25, -0.2) is 0 Å². The summed E-state index contributed by atoms with van der Waals surface area (Å²) in [5.74, 6) is -1.19. The van der Waals surface area contributed by atoms with E-state index in [2.05, 4.69) is 21.2 Å². The van der Waals surface area contributed by atoms with Crippen molar-refractivity contribution in [3.05, 3.63) is 20.8 Å². The average molecular weight is 342 g/mol. The predicted molar refractivity (Wildman–Crippen MR) is 70.7 cm³/mol. The molecule has 1 aromatic rings. The molecule has 1 saturated carbocycles. The smallest absolute Gasteiger partial charge is 0.309 e. The standard InChI is InChI=1S/C12H15BrF3NS/c13-11-5-8(7-18-11)6-17-10-4-2-1-3-9(10)12(14,15)16/h5,7,9-10,17H,1-4,6H2. The van der Waals surface area contributed by atoms with E-state index in [4.69, 9.17) is 0 Å². The van der Waals surface area contributed by atoms with Crippen molar-refractivity contribution in [2.75, 3.05) is 0 Å². The highest BCUT2D eigenvalue weighted by Gasteiger charge is 2.45. The predicted octanol–water partition coefficient (Wildman–Crippen LogP) is 4.72. The molecular formula is C12H15BrF3NS. The quantitative estimate of drug-likeness (QED) is 0.838. The third-order valence-corrected chi connectivity index (χ3v) is 4.93. The molecule has 2 atom stereocenters. The summed E-state index contributed by atoms with van der Waals surface area (Å²) >= 11 is 4.90. The lowest BCUT2D eigenvalue weighted by molar-refractivity contribution is -0.189. The van der Waals surface area contributed by atoms with E-state index < -0.39 is 18.1 Å². The highest BCUT2D eigenvalue weighted by Crippen LogP contribution is 2.37. The Balaban J connectivity index is 1.93. The molecule has 6 heteroatoms. The normalized spacial score (nSPS) is 25.3. The van der Waals surface area contributed by atoms with Crippen molar-refractivity contribution in [3.8, 4) is 0 Å². The van der Waals surface area contributed by atoms with E-state index in [1.807, 2.05) is 11.4 Å². The van der Waals surface area contributed by atoms with Crippen molar-refractivity contribution < 1.29 is 13.2 Å². The van der Waals surface area contributed by atoms with E-state index in [-0.39, 0.29) is 6.42 Å². The fourth-order valence-electron chi connectivity index (χ4n) is 2.45. The molecule has 0 aromatic carbocycles. The number of nitrogens with one attached hydrogen (secondary N) is 1. The van der Waals surface area contributed by atoms with Crippen LogP contribution in [0, 0.1) is 5.92 Å². The van der Waals surface area contributed by atoms with Gasteiger partial charge in [0.15, 0.2) is 0 Å². The lowest BCUT2D eigenvalue weighted by Gasteiger charge is -2.33. The van der Waals surface area contributed by atoms with Crippen LogP contribution in [0.4, 0.5) is 13.2 Å². The van der Waals surface area contributed by atoms with Crippen LogP contribution in [0.25, 0.3) is 0 Å². The van der Waals surface area contributed by atoms with Crippen LogP contribution in [0.15, 0.2) is 15.2 Å². The van der Waals surface area contributed by atoms with Crippen molar-refractivity contribution in [2.24, 2.45) is 5.92 Å². The van der Waals surface area contributed by atoms with Crippen LogP contribution >= 0.6 is 27.3 Å². The van der Waals surface area contributed by atoms with Crippen LogP contribution in [-0.4, -0.2) is 12.2 Å². The molecule has 1 fully saturated rings. The first-order valence-electron chi connectivity index (χ1n) is 6.00. The van der Waals surface area contributed by atoms with Crippen molar-refractivity contribution in [2.45, 2.75) is 44.4 Å². The Kier molecular flexibility index (Phi) is 4.72. The summed E-state index contributed by atoms with van der Waals surface area (Å²) in [6.45, 7) is 0.513. The lowest BCUT2D eigenvalue weighted by Crippen LogP contribution is -2.45. The van der Waals surface area contributed by atoms with Crippen LogP contribution in [0.3, 0.4) is 0 Å². The Labute approximate surface area is 117 Å². The zero-order chi connectivity index (χ0) is 13.2. The van der Waals surface area contributed by atoms with Gasteiger partial charge in [-0.2, -0.15) is 13.2 Å². The van der Waals surface area contributed by atoms with Crippen LogP contribution in [0.5, 0.6) is 0 Å². The van der Waals surface area contributed by atoms with Crippen LogP contribution in [0.2, 0.25) is 0 Å². The maximum absolute atomic E-state index is 12.9. The maximum atomic E-state index is 12.9. The second-order valence-corrected chi connectivity index (χ2v) is 6.97. The topological polar surface area (TPSA) is 12.0 Å². The van der Waals surface area contributed by atoms with E-state index in [1.165, 1.54) is 0 Å². The van der Waals surface area contributed by atoms with Gasteiger partial charge in [-0.3, -0.25) is 0 Å². The second kappa shape index (κ2) is 5.92. The highest BCUT2D eigenvalue weighted by molar-refractivity contribution is 9.11. The van der Waals surface area contributed by atoms with Crippen LogP contribution in [0.1, 0.15) is 31.2 Å². The molecular weight excluding hydrogens is 327 g/mol. The summed E-state index contributed by atoms with van der Waals surface area (Å²) in [5.41, 5.74) is 1.04. The molecule has 1 N–H and O–H groups in total. The van der Waals surface area contributed by atoms with Gasteiger partial charge in [0.05, 0.1) is 9.70 Å². The molecule has 0 spiro atoms. The third kappa shape index (κ3) is 3.71. The van der Waals surface area contributed by atoms with Crippen molar-refractivity contribution in [3.63, 3.8) is 0 Å². The van der Waals surface area contributed by atoms with Gasteiger partial charge in [0.2, 0.25) is 0 Å². The van der Waals surface area contributed by atoms with E-state index in [0.717, 1.165) is 15.8 Å². The largest absolute Gasteiger partial charge is 0.393 e. The minimum Gasteiger partial charge on any atom is -0.309 e. The molecule has 1 aliphatic rings. The Morgan fingerprint density at radius 3 is 2.67 bits per heavy atom. The van der Waals surface area contributed by atoms with Gasteiger partial charge in [-0.1, -0.05) is 12.8 Å². The van der Waals surface area contributed by atoms with E-state index in [9.17, 15) is 13.2 Å². The Morgan fingerprint density at radius 2 is 2.06 bits per heavy atom. The van der Waals surface area contributed by atoms with Gasteiger partial charge < -0.3 is 5.32 Å². The van der Waals surface area contributed by atoms with Gasteiger partial charge in [-0.15, -0.1) is 11.3 Å². The zero-order valence-electron chi connectivity index (χ0n) is 9.77. The monoisotopic (exact) mass is 341 g/mol. The number of halogens is 4. The van der Waals surface area contributed by atoms with E-state index in [1.54, 1.807) is 11.3 Å². The molecule has 0 bridgehead atoms. The number of rotatable bonds is 3. The number of hydrogen-bond donors (Lipinski definition) is 1. The first kappa shape index (κ1) is 14.3. The van der Waals surface area contributed by atoms with Crippen molar-refractivity contribution in [1.82, 2.24) is 5.32 Å². The summed E-state index contributed by atoms with van der Waals surface area (Å²) < 4.78 is 39.6. The molecule has 1 nitrogen and oxygen atoms in total. The number of thiophene rings is 1. The lowest BCUT2D eigenvalue weighted by atomic mass is 9.84. The van der Waals surface area contributed by atoms with Gasteiger partial charge in [-0.05, 0) is 45.8 Å². The SMILES string of the molecule is FC(F)(F)C1CCCCC1NCc1csc(Br)c1. The van der Waals surface area contributed by atoms with Gasteiger partial charge >= 0.3 is 6.18 Å². The van der Waals surface area contributed by atoms with Crippen LogP contribution < -0.4 is 5.32 Å². The maximum Gasteiger partial charge on any atom is 0.393 e. The third-order valence-electron chi connectivity index (χ3n) is 3.38. The van der Waals surface area contributed by atoms with Gasteiger partial charge in [0.1, 0.15) is 0 Å². The number of alkyl halides is 3. The molecule has 0 saturated heterocycles. The minimum atomic E-state index is -4.08. The van der Waals surface area contributed by atoms with Gasteiger partial charge in [0.25, 0.3) is 0 Å².